The third-order valence-electron chi connectivity index (χ3n) is 3.35. The molecule has 1 heterocycles. The smallest absolute Gasteiger partial charge is 0.348 e. The molecule has 0 saturated heterocycles. The van der Waals surface area contributed by atoms with E-state index < -0.39 is 0 Å². The summed E-state index contributed by atoms with van der Waals surface area (Å²) >= 11 is 0. The van der Waals surface area contributed by atoms with Crippen LogP contribution in [0.15, 0.2) is 51.7 Å². The van der Waals surface area contributed by atoms with Crippen LogP contribution in [0, 0.1) is 13.8 Å². The molecule has 0 aliphatic heterocycles. The molecule has 0 amide bonds. The third kappa shape index (κ3) is 2.79. The second-order valence-electron chi connectivity index (χ2n) is 5.12. The molecule has 1 N–H and O–H groups in total. The number of anilines is 1. The van der Waals surface area contributed by atoms with Gasteiger partial charge in [-0.2, -0.15) is 4.98 Å². The highest BCUT2D eigenvalue weighted by atomic mass is 16.4. The van der Waals surface area contributed by atoms with Gasteiger partial charge >= 0.3 is 5.63 Å². The molecule has 0 saturated carbocycles. The fraction of sp³-hybridized carbons (Fsp3) is 0.176. The maximum absolute atomic E-state index is 12.1. The number of rotatable bonds is 3. The lowest BCUT2D eigenvalue weighted by Gasteiger charge is -2.07. The van der Waals surface area contributed by atoms with Gasteiger partial charge in [-0.3, -0.25) is 0 Å². The van der Waals surface area contributed by atoms with Gasteiger partial charge < -0.3 is 9.73 Å². The number of nitrogens with one attached hydrogen (secondary N) is 1. The van der Waals surface area contributed by atoms with Crippen LogP contribution >= 0.6 is 0 Å². The van der Waals surface area contributed by atoms with Gasteiger partial charge in [-0.05, 0) is 36.6 Å². The highest BCUT2D eigenvalue weighted by molar-refractivity contribution is 5.81. The normalized spacial score (nSPS) is 10.8. The molecule has 2 aromatic carbocycles. The van der Waals surface area contributed by atoms with Crippen LogP contribution < -0.4 is 10.9 Å². The molecular weight excluding hydrogens is 264 g/mol. The standard InChI is InChI=1S/C17H16N2O2/c1-11-8-12(2)15-14(9-11)16(20)21-17(19-15)18-10-13-6-4-3-5-7-13/h3-9H,10H2,1-2H3,(H,18,19). The van der Waals surface area contributed by atoms with Crippen molar-refractivity contribution in [1.29, 1.82) is 0 Å². The fourth-order valence-corrected chi connectivity index (χ4v) is 2.38. The second kappa shape index (κ2) is 5.40. The van der Waals surface area contributed by atoms with Gasteiger partial charge in [-0.25, -0.2) is 4.79 Å². The van der Waals surface area contributed by atoms with Gasteiger partial charge in [0.1, 0.15) is 0 Å². The lowest BCUT2D eigenvalue weighted by molar-refractivity contribution is 0.516. The Labute approximate surface area is 122 Å². The Bertz CT molecular complexity index is 839. The summed E-state index contributed by atoms with van der Waals surface area (Å²) in [6, 6.07) is 14.0. The number of aryl methyl sites for hydroxylation is 2. The first-order valence-corrected chi connectivity index (χ1v) is 6.83. The van der Waals surface area contributed by atoms with Crippen molar-refractivity contribution in [3.05, 3.63) is 69.6 Å². The van der Waals surface area contributed by atoms with Crippen LogP contribution in [0.1, 0.15) is 16.7 Å². The van der Waals surface area contributed by atoms with Gasteiger partial charge in [-0.1, -0.05) is 36.4 Å². The van der Waals surface area contributed by atoms with Crippen molar-refractivity contribution in [1.82, 2.24) is 4.98 Å². The summed E-state index contributed by atoms with van der Waals surface area (Å²) in [5.74, 6) is 0. The molecule has 0 aliphatic carbocycles. The van der Waals surface area contributed by atoms with Gasteiger partial charge in [0.15, 0.2) is 0 Å². The first kappa shape index (κ1) is 13.4. The van der Waals surface area contributed by atoms with E-state index in [-0.39, 0.29) is 11.6 Å². The summed E-state index contributed by atoms with van der Waals surface area (Å²) in [7, 11) is 0. The van der Waals surface area contributed by atoms with Gasteiger partial charge in [0.2, 0.25) is 0 Å². The van der Waals surface area contributed by atoms with Gasteiger partial charge in [0.25, 0.3) is 6.01 Å². The summed E-state index contributed by atoms with van der Waals surface area (Å²) in [4.78, 5) is 16.5. The molecule has 4 heteroatoms. The Morgan fingerprint density at radius 1 is 1.14 bits per heavy atom. The zero-order valence-electron chi connectivity index (χ0n) is 12.0. The summed E-state index contributed by atoms with van der Waals surface area (Å²) in [6.07, 6.45) is 0. The fourth-order valence-electron chi connectivity index (χ4n) is 2.38. The molecule has 0 fully saturated rings. The van der Waals surface area contributed by atoms with Crippen molar-refractivity contribution in [2.45, 2.75) is 20.4 Å². The van der Waals surface area contributed by atoms with Gasteiger partial charge in [-0.15, -0.1) is 0 Å². The van der Waals surface area contributed by atoms with Crippen molar-refractivity contribution < 1.29 is 4.42 Å². The van der Waals surface area contributed by atoms with Crippen molar-refractivity contribution >= 4 is 16.9 Å². The van der Waals surface area contributed by atoms with E-state index in [9.17, 15) is 4.79 Å². The average Bonchev–Trinajstić information content (AvgIpc) is 2.47. The average molecular weight is 280 g/mol. The molecule has 21 heavy (non-hydrogen) atoms. The SMILES string of the molecule is Cc1cc(C)c2nc(NCc3ccccc3)oc(=O)c2c1. The topological polar surface area (TPSA) is 55.1 Å². The largest absolute Gasteiger partial charge is 0.389 e. The van der Waals surface area contributed by atoms with E-state index in [4.69, 9.17) is 4.42 Å². The van der Waals surface area contributed by atoms with Crippen LogP contribution in [0.2, 0.25) is 0 Å². The van der Waals surface area contributed by atoms with E-state index in [0.717, 1.165) is 16.7 Å². The zero-order valence-corrected chi connectivity index (χ0v) is 12.0. The highest BCUT2D eigenvalue weighted by Crippen LogP contribution is 2.17. The Hall–Kier alpha value is -2.62. The first-order chi connectivity index (χ1) is 10.1. The van der Waals surface area contributed by atoms with E-state index in [1.807, 2.05) is 56.3 Å². The van der Waals surface area contributed by atoms with Crippen LogP contribution in [-0.4, -0.2) is 4.98 Å². The minimum atomic E-state index is -0.359. The number of aromatic nitrogens is 1. The van der Waals surface area contributed by atoms with Crippen molar-refractivity contribution in [3.63, 3.8) is 0 Å². The molecule has 0 aliphatic rings. The third-order valence-corrected chi connectivity index (χ3v) is 3.35. The van der Waals surface area contributed by atoms with E-state index >= 15 is 0 Å². The van der Waals surface area contributed by atoms with Crippen LogP contribution in [0.3, 0.4) is 0 Å². The lowest BCUT2D eigenvalue weighted by atomic mass is 10.1. The van der Waals surface area contributed by atoms with Gasteiger partial charge in [0.05, 0.1) is 10.9 Å². The molecule has 3 rings (SSSR count). The van der Waals surface area contributed by atoms with Crippen LogP contribution in [-0.2, 0) is 6.54 Å². The van der Waals surface area contributed by atoms with E-state index in [1.165, 1.54) is 0 Å². The lowest BCUT2D eigenvalue weighted by Crippen LogP contribution is -2.08. The quantitative estimate of drug-likeness (QED) is 0.798. The maximum atomic E-state index is 12.1. The molecule has 0 atom stereocenters. The van der Waals surface area contributed by atoms with Crippen LogP contribution in [0.4, 0.5) is 6.01 Å². The predicted octanol–water partition coefficient (Wildman–Crippen LogP) is 3.42. The molecule has 3 aromatic rings. The molecule has 0 spiro atoms. The summed E-state index contributed by atoms with van der Waals surface area (Å²) in [5, 5.41) is 3.58. The molecule has 0 radical (unpaired) electrons. The molecule has 0 unspecified atom stereocenters. The Kier molecular flexibility index (Phi) is 3.44. The second-order valence-corrected chi connectivity index (χ2v) is 5.12. The van der Waals surface area contributed by atoms with E-state index in [2.05, 4.69) is 10.3 Å². The minimum Gasteiger partial charge on any atom is -0.389 e. The molecular formula is C17H16N2O2. The molecule has 0 bridgehead atoms. The Balaban J connectivity index is 1.95. The minimum absolute atomic E-state index is 0.253. The Morgan fingerprint density at radius 2 is 1.90 bits per heavy atom. The number of nitrogens with zero attached hydrogens (tertiary/aromatic N) is 1. The molecule has 1 aromatic heterocycles. The monoisotopic (exact) mass is 280 g/mol. The van der Waals surface area contributed by atoms with E-state index in [1.54, 1.807) is 0 Å². The number of hydrogen-bond donors (Lipinski definition) is 1. The van der Waals surface area contributed by atoms with Crippen molar-refractivity contribution in [2.75, 3.05) is 5.32 Å². The predicted molar refractivity (Wildman–Crippen MR) is 83.5 cm³/mol. The molecule has 4 nitrogen and oxygen atoms in total. The number of hydrogen-bond acceptors (Lipinski definition) is 4. The van der Waals surface area contributed by atoms with Crippen LogP contribution in [0.5, 0.6) is 0 Å². The Morgan fingerprint density at radius 3 is 2.67 bits per heavy atom. The maximum Gasteiger partial charge on any atom is 0.348 e. The first-order valence-electron chi connectivity index (χ1n) is 6.83. The zero-order chi connectivity index (χ0) is 14.8. The molecule has 106 valence electrons. The van der Waals surface area contributed by atoms with E-state index in [0.29, 0.717) is 17.4 Å². The van der Waals surface area contributed by atoms with Crippen LogP contribution in [0.25, 0.3) is 10.9 Å². The number of fused-ring (bicyclic) bond motifs is 1. The summed E-state index contributed by atoms with van der Waals surface area (Å²) in [5.41, 5.74) is 3.43. The number of benzene rings is 2. The van der Waals surface area contributed by atoms with Gasteiger partial charge in [0, 0.05) is 6.54 Å². The summed E-state index contributed by atoms with van der Waals surface area (Å²) < 4.78 is 5.24. The van der Waals surface area contributed by atoms with Crippen molar-refractivity contribution in [2.24, 2.45) is 0 Å². The van der Waals surface area contributed by atoms with Crippen molar-refractivity contribution in [3.8, 4) is 0 Å². The highest BCUT2D eigenvalue weighted by Gasteiger charge is 2.09. The summed E-state index contributed by atoms with van der Waals surface area (Å²) in [6.45, 7) is 4.46.